The number of nitrogens with two attached hydrogens (primary N) is 1. The van der Waals surface area contributed by atoms with E-state index in [2.05, 4.69) is 26.3 Å². The molecule has 0 bridgehead atoms. The predicted molar refractivity (Wildman–Crippen MR) is 79.8 cm³/mol. The maximum atomic E-state index is 6.02. The molecule has 0 aliphatic heterocycles. The number of aryl methyl sites for hydroxylation is 1. The van der Waals surface area contributed by atoms with Crippen LogP contribution in [0.3, 0.4) is 0 Å². The van der Waals surface area contributed by atoms with Crippen LogP contribution in [0.25, 0.3) is 0 Å². The number of thiazole rings is 1. The Kier molecular flexibility index (Phi) is 4.75. The summed E-state index contributed by atoms with van der Waals surface area (Å²) in [6.07, 6.45) is 0.744. The van der Waals surface area contributed by atoms with Gasteiger partial charge in [0.25, 0.3) is 0 Å². The van der Waals surface area contributed by atoms with E-state index in [1.807, 2.05) is 30.5 Å². The Morgan fingerprint density at radius 3 is 2.94 bits per heavy atom. The minimum absolute atomic E-state index is 0.0105. The Bertz CT molecular complexity index is 544. The molecule has 0 amide bonds. The van der Waals surface area contributed by atoms with Gasteiger partial charge in [0.15, 0.2) is 0 Å². The van der Waals surface area contributed by atoms with Gasteiger partial charge in [0.2, 0.25) is 0 Å². The van der Waals surface area contributed by atoms with Crippen molar-refractivity contribution in [1.29, 1.82) is 0 Å². The lowest BCUT2D eigenvalue weighted by Gasteiger charge is -2.17. The first-order chi connectivity index (χ1) is 8.60. The second-order valence-corrected chi connectivity index (χ2v) is 6.21. The summed E-state index contributed by atoms with van der Waals surface area (Å²) in [7, 11) is 0. The van der Waals surface area contributed by atoms with Crippen LogP contribution in [0.15, 0.2) is 28.1 Å². The van der Waals surface area contributed by atoms with Crippen LogP contribution in [0.2, 0.25) is 5.02 Å². The van der Waals surface area contributed by atoms with Gasteiger partial charge in [-0.2, -0.15) is 0 Å². The SMILES string of the molecule is Cc1csc(CC(NN)c2cc(Cl)ccc2Br)n1. The van der Waals surface area contributed by atoms with Gasteiger partial charge in [-0.05, 0) is 30.7 Å². The number of rotatable bonds is 4. The number of aromatic nitrogens is 1. The fourth-order valence-corrected chi connectivity index (χ4v) is 3.23. The van der Waals surface area contributed by atoms with Gasteiger partial charge >= 0.3 is 0 Å². The number of nitrogens with zero attached hydrogens (tertiary/aromatic N) is 1. The topological polar surface area (TPSA) is 50.9 Å². The van der Waals surface area contributed by atoms with E-state index in [1.54, 1.807) is 11.3 Å². The van der Waals surface area contributed by atoms with Crippen molar-refractivity contribution < 1.29 is 0 Å². The highest BCUT2D eigenvalue weighted by Gasteiger charge is 2.16. The molecule has 18 heavy (non-hydrogen) atoms. The molecular formula is C12H13BrClN3S. The zero-order chi connectivity index (χ0) is 13.1. The highest BCUT2D eigenvalue weighted by molar-refractivity contribution is 9.10. The Morgan fingerprint density at radius 1 is 1.56 bits per heavy atom. The van der Waals surface area contributed by atoms with Crippen molar-refractivity contribution in [3.05, 3.63) is 49.3 Å². The van der Waals surface area contributed by atoms with Crippen molar-refractivity contribution in [3.8, 4) is 0 Å². The summed E-state index contributed by atoms with van der Waals surface area (Å²) in [5.74, 6) is 5.64. The molecule has 1 aromatic heterocycles. The standard InChI is InChI=1S/C12H13BrClN3S/c1-7-6-18-12(16-7)5-11(17-15)9-4-8(14)2-3-10(9)13/h2-4,6,11,17H,5,15H2,1H3. The fraction of sp³-hybridized carbons (Fsp3) is 0.250. The second-order valence-electron chi connectivity index (χ2n) is 3.97. The van der Waals surface area contributed by atoms with Crippen LogP contribution in [0.1, 0.15) is 22.3 Å². The zero-order valence-electron chi connectivity index (χ0n) is 9.78. The molecule has 1 aromatic carbocycles. The van der Waals surface area contributed by atoms with Crippen LogP contribution < -0.4 is 11.3 Å². The number of hydrogen-bond acceptors (Lipinski definition) is 4. The summed E-state index contributed by atoms with van der Waals surface area (Å²) in [6.45, 7) is 1.99. The highest BCUT2D eigenvalue weighted by atomic mass is 79.9. The summed E-state index contributed by atoms with van der Waals surface area (Å²) in [4.78, 5) is 4.45. The minimum Gasteiger partial charge on any atom is -0.271 e. The van der Waals surface area contributed by atoms with Gasteiger partial charge < -0.3 is 0 Å². The van der Waals surface area contributed by atoms with Crippen molar-refractivity contribution in [3.63, 3.8) is 0 Å². The Balaban J connectivity index is 2.25. The molecule has 6 heteroatoms. The average molecular weight is 347 g/mol. The molecule has 0 aliphatic rings. The largest absolute Gasteiger partial charge is 0.271 e. The summed E-state index contributed by atoms with van der Waals surface area (Å²) < 4.78 is 0.989. The summed E-state index contributed by atoms with van der Waals surface area (Å²) in [5, 5.41) is 3.79. The Morgan fingerprint density at radius 2 is 2.33 bits per heavy atom. The van der Waals surface area contributed by atoms with E-state index in [4.69, 9.17) is 17.4 Å². The van der Waals surface area contributed by atoms with Gasteiger partial charge in [-0.3, -0.25) is 11.3 Å². The van der Waals surface area contributed by atoms with Crippen LogP contribution in [-0.2, 0) is 6.42 Å². The van der Waals surface area contributed by atoms with Crippen LogP contribution >= 0.6 is 38.9 Å². The van der Waals surface area contributed by atoms with E-state index in [0.717, 1.165) is 27.2 Å². The first-order valence-corrected chi connectivity index (χ1v) is 7.47. The van der Waals surface area contributed by atoms with Crippen LogP contribution in [0, 0.1) is 6.92 Å². The smallest absolute Gasteiger partial charge is 0.0947 e. The Labute approximate surface area is 123 Å². The molecule has 3 N–H and O–H groups in total. The van der Waals surface area contributed by atoms with Crippen LogP contribution in [0.4, 0.5) is 0 Å². The number of nitrogens with one attached hydrogen (secondary N) is 1. The molecule has 96 valence electrons. The van der Waals surface area contributed by atoms with E-state index < -0.39 is 0 Å². The van der Waals surface area contributed by atoms with E-state index in [-0.39, 0.29) is 6.04 Å². The van der Waals surface area contributed by atoms with Gasteiger partial charge in [-0.25, -0.2) is 4.98 Å². The molecule has 0 aliphatic carbocycles. The summed E-state index contributed by atoms with van der Waals surface area (Å²) >= 11 is 11.2. The maximum absolute atomic E-state index is 6.02. The molecule has 0 spiro atoms. The van der Waals surface area contributed by atoms with Crippen LogP contribution in [0.5, 0.6) is 0 Å². The molecule has 0 fully saturated rings. The van der Waals surface area contributed by atoms with Gasteiger partial charge in [0.05, 0.1) is 11.0 Å². The molecule has 3 nitrogen and oxygen atoms in total. The summed E-state index contributed by atoms with van der Waals surface area (Å²) in [6, 6.07) is 5.67. The maximum Gasteiger partial charge on any atom is 0.0947 e. The van der Waals surface area contributed by atoms with E-state index in [9.17, 15) is 0 Å². The second kappa shape index (κ2) is 6.12. The van der Waals surface area contributed by atoms with Crippen molar-refractivity contribution in [1.82, 2.24) is 10.4 Å². The Hall–Kier alpha value is -0.460. The third-order valence-electron chi connectivity index (χ3n) is 2.58. The van der Waals surface area contributed by atoms with Crippen molar-refractivity contribution in [2.24, 2.45) is 5.84 Å². The number of hydrazine groups is 1. The highest BCUT2D eigenvalue weighted by Crippen LogP contribution is 2.29. The quantitative estimate of drug-likeness (QED) is 0.657. The third-order valence-corrected chi connectivity index (χ3v) is 4.53. The van der Waals surface area contributed by atoms with E-state index in [0.29, 0.717) is 5.02 Å². The number of hydrogen-bond donors (Lipinski definition) is 2. The predicted octanol–water partition coefficient (Wildman–Crippen LogP) is 3.61. The third kappa shape index (κ3) is 3.30. The van der Waals surface area contributed by atoms with Gasteiger partial charge in [0.1, 0.15) is 0 Å². The molecule has 0 radical (unpaired) electrons. The lowest BCUT2D eigenvalue weighted by atomic mass is 10.0. The number of halogens is 2. The lowest BCUT2D eigenvalue weighted by molar-refractivity contribution is 0.548. The molecule has 1 atom stereocenters. The van der Waals surface area contributed by atoms with Crippen molar-refractivity contribution in [2.45, 2.75) is 19.4 Å². The van der Waals surface area contributed by atoms with E-state index >= 15 is 0 Å². The molecule has 2 rings (SSSR count). The first-order valence-electron chi connectivity index (χ1n) is 5.42. The molecule has 0 saturated carbocycles. The van der Waals surface area contributed by atoms with Crippen LogP contribution in [-0.4, -0.2) is 4.98 Å². The first kappa shape index (κ1) is 14.0. The van der Waals surface area contributed by atoms with E-state index in [1.165, 1.54) is 0 Å². The molecule has 2 aromatic rings. The molecule has 1 unspecified atom stereocenters. The number of benzene rings is 1. The van der Waals surface area contributed by atoms with Crippen molar-refractivity contribution in [2.75, 3.05) is 0 Å². The monoisotopic (exact) mass is 345 g/mol. The molecule has 0 saturated heterocycles. The normalized spacial score (nSPS) is 12.7. The molecular weight excluding hydrogens is 334 g/mol. The van der Waals surface area contributed by atoms with Crippen molar-refractivity contribution >= 4 is 38.9 Å². The summed E-state index contributed by atoms with van der Waals surface area (Å²) in [5.41, 5.74) is 4.90. The van der Waals surface area contributed by atoms with Gasteiger partial charge in [-0.1, -0.05) is 27.5 Å². The van der Waals surface area contributed by atoms with Gasteiger partial charge in [0, 0.05) is 27.0 Å². The average Bonchev–Trinajstić information content (AvgIpc) is 2.75. The fourth-order valence-electron chi connectivity index (χ4n) is 1.71. The molecule has 1 heterocycles. The minimum atomic E-state index is -0.0105. The zero-order valence-corrected chi connectivity index (χ0v) is 12.9. The lowest BCUT2D eigenvalue weighted by Crippen LogP contribution is -2.29. The van der Waals surface area contributed by atoms with Gasteiger partial charge in [-0.15, -0.1) is 11.3 Å².